The maximum Gasteiger partial charge on any atom is 0.170 e. The average Bonchev–Trinajstić information content (AvgIpc) is 2.48. The minimum absolute atomic E-state index is 0.104. The van der Waals surface area contributed by atoms with Gasteiger partial charge in [-0.3, -0.25) is 0 Å². The first-order valence-electron chi connectivity index (χ1n) is 6.27. The van der Waals surface area contributed by atoms with Crippen molar-refractivity contribution in [3.63, 3.8) is 0 Å². The Bertz CT molecular complexity index is 689. The Labute approximate surface area is 136 Å². The highest BCUT2D eigenvalue weighted by atomic mass is 79.9. The van der Waals surface area contributed by atoms with Crippen LogP contribution in [0.3, 0.4) is 0 Å². The van der Waals surface area contributed by atoms with Crippen molar-refractivity contribution in [2.45, 2.75) is 13.5 Å². The van der Waals surface area contributed by atoms with Crippen LogP contribution in [0, 0.1) is 6.92 Å². The molecule has 0 unspecified atom stereocenters. The molecule has 0 amide bonds. The summed E-state index contributed by atoms with van der Waals surface area (Å²) in [6, 6.07) is 11.3. The third-order valence-electron chi connectivity index (χ3n) is 3.14. The highest BCUT2D eigenvalue weighted by molar-refractivity contribution is 9.10. The van der Waals surface area contributed by atoms with Gasteiger partial charge in [-0.25, -0.2) is 0 Å². The molecule has 2 aromatic carbocycles. The number of nitrogens with two attached hydrogens (primary N) is 1. The van der Waals surface area contributed by atoms with Crippen LogP contribution < -0.4 is 11.1 Å². The number of nitrogens with zero attached hydrogens (tertiary/aromatic N) is 1. The summed E-state index contributed by atoms with van der Waals surface area (Å²) in [4.78, 5) is 0. The van der Waals surface area contributed by atoms with E-state index in [2.05, 4.69) is 26.4 Å². The molecule has 4 N–H and O–H groups in total. The van der Waals surface area contributed by atoms with Gasteiger partial charge in [0.1, 0.15) is 0 Å². The van der Waals surface area contributed by atoms with Crippen LogP contribution in [-0.4, -0.2) is 11.0 Å². The van der Waals surface area contributed by atoms with Crippen molar-refractivity contribution in [2.24, 2.45) is 10.9 Å². The highest BCUT2D eigenvalue weighted by Gasteiger charge is 2.05. The zero-order chi connectivity index (χ0) is 15.4. The van der Waals surface area contributed by atoms with Crippen LogP contribution in [0.25, 0.3) is 0 Å². The van der Waals surface area contributed by atoms with E-state index in [0.29, 0.717) is 17.1 Å². The smallest absolute Gasteiger partial charge is 0.170 e. The van der Waals surface area contributed by atoms with Crippen molar-refractivity contribution in [1.82, 2.24) is 0 Å². The topological polar surface area (TPSA) is 70.6 Å². The molecule has 6 heteroatoms. The van der Waals surface area contributed by atoms with Crippen LogP contribution in [0.5, 0.6) is 0 Å². The molecule has 0 aromatic heterocycles. The Morgan fingerprint density at radius 1 is 1.33 bits per heavy atom. The van der Waals surface area contributed by atoms with E-state index in [9.17, 15) is 0 Å². The largest absolute Gasteiger partial charge is 0.409 e. The quantitative estimate of drug-likeness (QED) is 0.329. The summed E-state index contributed by atoms with van der Waals surface area (Å²) in [5.74, 6) is 0.104. The number of nitrogens with one attached hydrogen (secondary N) is 1. The number of aryl methyl sites for hydroxylation is 1. The molecule has 0 atom stereocenters. The Balaban J connectivity index is 2.15. The SMILES string of the molecule is Cc1cc(/C(N)=N/O)ccc1CNc1cc(Br)ccc1Cl. The molecule has 0 bridgehead atoms. The van der Waals surface area contributed by atoms with Gasteiger partial charge >= 0.3 is 0 Å². The molecule has 0 aliphatic heterocycles. The minimum Gasteiger partial charge on any atom is -0.409 e. The van der Waals surface area contributed by atoms with Crippen LogP contribution in [0.4, 0.5) is 5.69 Å². The number of anilines is 1. The van der Waals surface area contributed by atoms with Crippen molar-refractivity contribution >= 4 is 39.1 Å². The summed E-state index contributed by atoms with van der Waals surface area (Å²) < 4.78 is 0.966. The van der Waals surface area contributed by atoms with E-state index in [-0.39, 0.29) is 5.84 Å². The van der Waals surface area contributed by atoms with E-state index < -0.39 is 0 Å². The van der Waals surface area contributed by atoms with Crippen molar-refractivity contribution in [1.29, 1.82) is 0 Å². The lowest BCUT2D eigenvalue weighted by Gasteiger charge is -2.12. The summed E-state index contributed by atoms with van der Waals surface area (Å²) in [5.41, 5.74) is 9.30. The Hall–Kier alpha value is -1.72. The van der Waals surface area contributed by atoms with Gasteiger partial charge in [0.15, 0.2) is 5.84 Å². The predicted molar refractivity (Wildman–Crippen MR) is 90.2 cm³/mol. The Morgan fingerprint density at radius 2 is 2.10 bits per heavy atom. The van der Waals surface area contributed by atoms with Crippen LogP contribution in [-0.2, 0) is 6.54 Å². The number of oxime groups is 1. The van der Waals surface area contributed by atoms with Crippen molar-refractivity contribution < 1.29 is 5.21 Å². The number of halogens is 2. The summed E-state index contributed by atoms with van der Waals surface area (Å²) >= 11 is 9.57. The lowest BCUT2D eigenvalue weighted by atomic mass is 10.0. The first kappa shape index (κ1) is 15.7. The molecule has 0 saturated heterocycles. The summed E-state index contributed by atoms with van der Waals surface area (Å²) in [6.45, 7) is 2.62. The molecule has 0 saturated carbocycles. The molecule has 4 nitrogen and oxygen atoms in total. The van der Waals surface area contributed by atoms with E-state index in [4.69, 9.17) is 22.5 Å². The van der Waals surface area contributed by atoms with Crippen molar-refractivity contribution in [3.8, 4) is 0 Å². The maximum atomic E-state index is 8.69. The molecule has 0 heterocycles. The van der Waals surface area contributed by atoms with Gasteiger partial charge < -0.3 is 16.3 Å². The molecule has 0 aliphatic rings. The van der Waals surface area contributed by atoms with E-state index in [0.717, 1.165) is 21.3 Å². The second kappa shape index (κ2) is 6.83. The number of hydrogen-bond donors (Lipinski definition) is 3. The number of hydrogen-bond acceptors (Lipinski definition) is 3. The Morgan fingerprint density at radius 3 is 2.76 bits per heavy atom. The molecule has 0 spiro atoms. The normalized spacial score (nSPS) is 11.5. The first-order valence-corrected chi connectivity index (χ1v) is 7.44. The van der Waals surface area contributed by atoms with Gasteiger partial charge in [-0.15, -0.1) is 0 Å². The fraction of sp³-hybridized carbons (Fsp3) is 0.133. The molecule has 21 heavy (non-hydrogen) atoms. The zero-order valence-corrected chi connectivity index (χ0v) is 13.7. The number of rotatable bonds is 4. The zero-order valence-electron chi connectivity index (χ0n) is 11.4. The van der Waals surface area contributed by atoms with Gasteiger partial charge in [0, 0.05) is 16.6 Å². The molecule has 2 aromatic rings. The highest BCUT2D eigenvalue weighted by Crippen LogP contribution is 2.26. The molecule has 2 rings (SSSR count). The van der Waals surface area contributed by atoms with E-state index in [1.807, 2.05) is 43.3 Å². The van der Waals surface area contributed by atoms with Crippen molar-refractivity contribution in [3.05, 3.63) is 62.6 Å². The van der Waals surface area contributed by atoms with Gasteiger partial charge in [-0.2, -0.15) is 0 Å². The molecule has 0 aliphatic carbocycles. The molecule has 0 fully saturated rings. The van der Waals surface area contributed by atoms with Gasteiger partial charge in [0.2, 0.25) is 0 Å². The van der Waals surface area contributed by atoms with E-state index >= 15 is 0 Å². The average molecular weight is 369 g/mol. The van der Waals surface area contributed by atoms with Gasteiger partial charge in [-0.05, 0) is 42.3 Å². The third-order valence-corrected chi connectivity index (χ3v) is 3.97. The molecular weight excluding hydrogens is 354 g/mol. The van der Waals surface area contributed by atoms with Crippen molar-refractivity contribution in [2.75, 3.05) is 5.32 Å². The van der Waals surface area contributed by atoms with Crippen LogP contribution in [0.2, 0.25) is 5.02 Å². The van der Waals surface area contributed by atoms with Crippen LogP contribution >= 0.6 is 27.5 Å². The fourth-order valence-electron chi connectivity index (χ4n) is 1.93. The van der Waals surface area contributed by atoms with Gasteiger partial charge in [-0.1, -0.05) is 44.8 Å². The van der Waals surface area contributed by atoms with Gasteiger partial charge in [0.25, 0.3) is 0 Å². The minimum atomic E-state index is 0.104. The summed E-state index contributed by atoms with van der Waals surface area (Å²) in [5, 5.41) is 15.7. The first-order chi connectivity index (χ1) is 10.0. The third kappa shape index (κ3) is 3.89. The Kier molecular flexibility index (Phi) is 5.09. The van der Waals surface area contributed by atoms with E-state index in [1.54, 1.807) is 0 Å². The number of amidine groups is 1. The summed E-state index contributed by atoms with van der Waals surface area (Å²) in [7, 11) is 0. The van der Waals surface area contributed by atoms with Crippen LogP contribution in [0.1, 0.15) is 16.7 Å². The fourth-order valence-corrected chi connectivity index (χ4v) is 2.48. The molecular formula is C15H15BrClN3O. The molecule has 110 valence electrons. The monoisotopic (exact) mass is 367 g/mol. The lowest BCUT2D eigenvalue weighted by Crippen LogP contribution is -2.13. The number of benzene rings is 2. The standard InChI is InChI=1S/C15H15BrClN3O/c1-9-6-10(15(18)20-21)2-3-11(9)8-19-14-7-12(16)4-5-13(14)17/h2-7,19,21H,8H2,1H3,(H2,18,20). The second-order valence-corrected chi connectivity index (χ2v) is 5.93. The molecule has 0 radical (unpaired) electrons. The second-order valence-electron chi connectivity index (χ2n) is 4.60. The lowest BCUT2D eigenvalue weighted by molar-refractivity contribution is 0.318. The van der Waals surface area contributed by atoms with E-state index in [1.165, 1.54) is 0 Å². The maximum absolute atomic E-state index is 8.69. The summed E-state index contributed by atoms with van der Waals surface area (Å²) in [6.07, 6.45) is 0. The van der Waals surface area contributed by atoms with Crippen LogP contribution in [0.15, 0.2) is 46.0 Å². The van der Waals surface area contributed by atoms with Gasteiger partial charge in [0.05, 0.1) is 10.7 Å². The predicted octanol–water partition coefficient (Wildman–Crippen LogP) is 4.12.